The molecule has 0 spiro atoms. The molecular weight excluding hydrogens is 268 g/mol. The van der Waals surface area contributed by atoms with Gasteiger partial charge >= 0.3 is 0 Å². The number of aliphatic hydroxyl groups excluding tert-OH is 1. The third-order valence-corrected chi connectivity index (χ3v) is 3.92. The Morgan fingerprint density at radius 1 is 1.50 bits per heavy atom. The van der Waals surface area contributed by atoms with Gasteiger partial charge in [-0.15, -0.1) is 11.8 Å². The molecule has 5 heteroatoms. The van der Waals surface area contributed by atoms with Gasteiger partial charge in [-0.25, -0.2) is 4.98 Å². The van der Waals surface area contributed by atoms with Gasteiger partial charge in [0.25, 0.3) is 0 Å². The fraction of sp³-hybridized carbons (Fsp3) is 0.615. The molecule has 0 fully saturated rings. The molecule has 1 aromatic heterocycles. The minimum atomic E-state index is -0.199. The predicted octanol–water partition coefficient (Wildman–Crippen LogP) is 2.97. The van der Waals surface area contributed by atoms with Crippen molar-refractivity contribution in [2.24, 2.45) is 0 Å². The van der Waals surface area contributed by atoms with E-state index in [0.29, 0.717) is 5.02 Å². The molecule has 0 aliphatic rings. The zero-order valence-electron chi connectivity index (χ0n) is 10.9. The number of hydrogen-bond donors (Lipinski definition) is 2. The summed E-state index contributed by atoms with van der Waals surface area (Å²) in [5.74, 6) is 0.919. The van der Waals surface area contributed by atoms with Crippen molar-refractivity contribution in [3.63, 3.8) is 0 Å². The molecule has 18 heavy (non-hydrogen) atoms. The van der Waals surface area contributed by atoms with Gasteiger partial charge in [-0.2, -0.15) is 0 Å². The van der Waals surface area contributed by atoms with Crippen molar-refractivity contribution >= 4 is 23.4 Å². The van der Waals surface area contributed by atoms with Crippen LogP contribution in [-0.2, 0) is 0 Å². The molecule has 1 atom stereocenters. The standard InChI is InChI=1S/C13H21ClN2OS/c1-3-7-16-13(2,10-17)6-8-18-12-5-4-11(14)9-15-12/h4-5,9,16-17H,3,6-8,10H2,1-2H3. The highest BCUT2D eigenvalue weighted by Crippen LogP contribution is 2.21. The van der Waals surface area contributed by atoms with Gasteiger partial charge in [0.2, 0.25) is 0 Å². The van der Waals surface area contributed by atoms with Gasteiger partial charge in [0, 0.05) is 17.5 Å². The molecule has 1 heterocycles. The average Bonchev–Trinajstić information content (AvgIpc) is 2.39. The summed E-state index contributed by atoms with van der Waals surface area (Å²) in [5, 5.41) is 14.5. The van der Waals surface area contributed by atoms with Crippen molar-refractivity contribution in [3.05, 3.63) is 23.4 Å². The molecule has 102 valence electrons. The first-order valence-corrected chi connectivity index (χ1v) is 7.56. The molecule has 2 N–H and O–H groups in total. The SMILES string of the molecule is CCCNC(C)(CO)CCSc1ccc(Cl)cn1. The van der Waals surface area contributed by atoms with Crippen LogP contribution in [0.15, 0.2) is 23.4 Å². The van der Waals surface area contributed by atoms with Crippen molar-refractivity contribution in [2.45, 2.75) is 37.3 Å². The van der Waals surface area contributed by atoms with Crippen molar-refractivity contribution in [1.29, 1.82) is 0 Å². The number of halogens is 1. The quantitative estimate of drug-likeness (QED) is 0.722. The van der Waals surface area contributed by atoms with E-state index in [1.54, 1.807) is 18.0 Å². The predicted molar refractivity (Wildman–Crippen MR) is 78.4 cm³/mol. The van der Waals surface area contributed by atoms with E-state index >= 15 is 0 Å². The number of hydrogen-bond acceptors (Lipinski definition) is 4. The Morgan fingerprint density at radius 2 is 2.28 bits per heavy atom. The summed E-state index contributed by atoms with van der Waals surface area (Å²) in [7, 11) is 0. The maximum Gasteiger partial charge on any atom is 0.0960 e. The van der Waals surface area contributed by atoms with Crippen LogP contribution in [0.4, 0.5) is 0 Å². The second-order valence-corrected chi connectivity index (χ2v) is 6.11. The second-order valence-electron chi connectivity index (χ2n) is 4.56. The summed E-state index contributed by atoms with van der Waals surface area (Å²) in [6.07, 6.45) is 3.63. The molecule has 1 rings (SSSR count). The molecule has 0 saturated carbocycles. The fourth-order valence-electron chi connectivity index (χ4n) is 1.48. The molecule has 1 aromatic rings. The van der Waals surface area contributed by atoms with Crippen LogP contribution in [0.25, 0.3) is 0 Å². The van der Waals surface area contributed by atoms with E-state index in [-0.39, 0.29) is 12.1 Å². The van der Waals surface area contributed by atoms with Crippen LogP contribution >= 0.6 is 23.4 Å². The third-order valence-electron chi connectivity index (χ3n) is 2.75. The minimum absolute atomic E-state index is 0.154. The topological polar surface area (TPSA) is 45.1 Å². The molecule has 0 amide bonds. The first kappa shape index (κ1) is 15.8. The van der Waals surface area contributed by atoms with E-state index in [4.69, 9.17) is 11.6 Å². The van der Waals surface area contributed by atoms with Crippen molar-refractivity contribution in [3.8, 4) is 0 Å². The molecule has 0 aromatic carbocycles. The molecule has 0 aliphatic carbocycles. The van der Waals surface area contributed by atoms with Gasteiger partial charge in [0.1, 0.15) is 0 Å². The smallest absolute Gasteiger partial charge is 0.0960 e. The number of nitrogens with zero attached hydrogens (tertiary/aromatic N) is 1. The van der Waals surface area contributed by atoms with E-state index in [1.807, 2.05) is 12.1 Å². The minimum Gasteiger partial charge on any atom is -0.394 e. The number of pyridine rings is 1. The van der Waals surface area contributed by atoms with Crippen LogP contribution in [0, 0.1) is 0 Å². The van der Waals surface area contributed by atoms with Crippen LogP contribution in [-0.4, -0.2) is 34.5 Å². The van der Waals surface area contributed by atoms with E-state index in [1.165, 1.54) is 0 Å². The summed E-state index contributed by atoms with van der Waals surface area (Å²) in [6, 6.07) is 3.76. The molecular formula is C13H21ClN2OS. The number of thioether (sulfide) groups is 1. The highest BCUT2D eigenvalue weighted by molar-refractivity contribution is 7.99. The molecule has 0 aliphatic heterocycles. The van der Waals surface area contributed by atoms with Gasteiger partial charge in [-0.05, 0) is 38.4 Å². The Hall–Kier alpha value is -0.290. The van der Waals surface area contributed by atoms with E-state index in [0.717, 1.165) is 30.2 Å². The summed E-state index contributed by atoms with van der Waals surface area (Å²) in [6.45, 7) is 5.26. The maximum absolute atomic E-state index is 9.44. The lowest BCUT2D eigenvalue weighted by Gasteiger charge is -2.28. The van der Waals surface area contributed by atoms with Crippen molar-refractivity contribution in [2.75, 3.05) is 18.9 Å². The number of nitrogens with one attached hydrogen (secondary N) is 1. The van der Waals surface area contributed by atoms with Crippen LogP contribution in [0.5, 0.6) is 0 Å². The lowest BCUT2D eigenvalue weighted by molar-refractivity contribution is 0.171. The Balaban J connectivity index is 2.36. The first-order chi connectivity index (χ1) is 8.59. The lowest BCUT2D eigenvalue weighted by atomic mass is 10.0. The number of rotatable bonds is 8. The normalized spacial score (nSPS) is 14.4. The number of aromatic nitrogens is 1. The lowest BCUT2D eigenvalue weighted by Crippen LogP contribution is -2.46. The Labute approximate surface area is 118 Å². The first-order valence-electron chi connectivity index (χ1n) is 6.20. The van der Waals surface area contributed by atoms with Gasteiger partial charge in [0.05, 0.1) is 16.7 Å². The van der Waals surface area contributed by atoms with E-state index in [2.05, 4.69) is 24.1 Å². The molecule has 1 unspecified atom stereocenters. The van der Waals surface area contributed by atoms with Crippen LogP contribution in [0.3, 0.4) is 0 Å². The second kappa shape index (κ2) is 8.00. The maximum atomic E-state index is 9.44. The zero-order valence-corrected chi connectivity index (χ0v) is 12.5. The molecule has 0 bridgehead atoms. The summed E-state index contributed by atoms with van der Waals surface area (Å²) in [5.41, 5.74) is -0.199. The zero-order chi connectivity index (χ0) is 13.4. The summed E-state index contributed by atoms with van der Waals surface area (Å²) >= 11 is 7.47. The monoisotopic (exact) mass is 288 g/mol. The van der Waals surface area contributed by atoms with Gasteiger partial charge < -0.3 is 10.4 Å². The largest absolute Gasteiger partial charge is 0.394 e. The van der Waals surface area contributed by atoms with Crippen molar-refractivity contribution < 1.29 is 5.11 Å². The van der Waals surface area contributed by atoms with E-state index < -0.39 is 0 Å². The average molecular weight is 289 g/mol. The summed E-state index contributed by atoms with van der Waals surface area (Å²) < 4.78 is 0. The highest BCUT2D eigenvalue weighted by atomic mass is 35.5. The highest BCUT2D eigenvalue weighted by Gasteiger charge is 2.21. The summed E-state index contributed by atoms with van der Waals surface area (Å²) in [4.78, 5) is 4.23. The van der Waals surface area contributed by atoms with Crippen LogP contribution in [0.1, 0.15) is 26.7 Å². The molecule has 0 saturated heterocycles. The Morgan fingerprint density at radius 3 is 2.83 bits per heavy atom. The van der Waals surface area contributed by atoms with Gasteiger partial charge in [0.15, 0.2) is 0 Å². The Bertz CT molecular complexity index is 347. The third kappa shape index (κ3) is 5.57. The fourth-order valence-corrected chi connectivity index (χ4v) is 2.64. The Kier molecular flexibility index (Phi) is 7.00. The van der Waals surface area contributed by atoms with Crippen LogP contribution in [0.2, 0.25) is 5.02 Å². The molecule has 3 nitrogen and oxygen atoms in total. The van der Waals surface area contributed by atoms with Crippen molar-refractivity contribution in [1.82, 2.24) is 10.3 Å². The molecule has 0 radical (unpaired) electrons. The number of aliphatic hydroxyl groups is 1. The van der Waals surface area contributed by atoms with Gasteiger partial charge in [-0.1, -0.05) is 18.5 Å². The van der Waals surface area contributed by atoms with E-state index in [9.17, 15) is 5.11 Å². The van der Waals surface area contributed by atoms with Gasteiger partial charge in [-0.3, -0.25) is 0 Å². The van der Waals surface area contributed by atoms with Crippen LogP contribution < -0.4 is 5.32 Å².